The van der Waals surface area contributed by atoms with E-state index >= 15 is 0 Å². The van der Waals surface area contributed by atoms with E-state index in [1.54, 1.807) is 0 Å². The van der Waals surface area contributed by atoms with Crippen molar-refractivity contribution in [3.05, 3.63) is 71.8 Å². The molecular formula is C35H55NO6Si2. The molecule has 1 heterocycles. The van der Waals surface area contributed by atoms with E-state index in [0.29, 0.717) is 12.8 Å². The summed E-state index contributed by atoms with van der Waals surface area (Å²) in [6, 6.07) is 22.1. The van der Waals surface area contributed by atoms with E-state index in [1.807, 2.05) is 60.7 Å². The molecule has 2 aromatic carbocycles. The van der Waals surface area contributed by atoms with Gasteiger partial charge >= 0.3 is 6.09 Å². The number of ether oxygens (including phenoxy) is 2. The van der Waals surface area contributed by atoms with Crippen LogP contribution in [0, 0.1) is 0 Å². The summed E-state index contributed by atoms with van der Waals surface area (Å²) in [7, 11) is -4.30. The molecule has 244 valence electrons. The first kappa shape index (κ1) is 36.2. The Balaban J connectivity index is 2.01. The van der Waals surface area contributed by atoms with E-state index in [1.165, 1.54) is 4.90 Å². The minimum Gasteiger partial charge on any atom is -0.447 e. The average molecular weight is 642 g/mol. The van der Waals surface area contributed by atoms with Gasteiger partial charge in [-0.05, 0) is 60.7 Å². The number of carbonyl (C=O) groups excluding carboxylic acids is 2. The highest BCUT2D eigenvalue weighted by molar-refractivity contribution is 6.74. The molecule has 0 saturated carbocycles. The van der Waals surface area contributed by atoms with Gasteiger partial charge in [0.2, 0.25) is 0 Å². The van der Waals surface area contributed by atoms with Gasteiger partial charge in [-0.25, -0.2) is 9.69 Å². The van der Waals surface area contributed by atoms with Gasteiger partial charge in [0.1, 0.15) is 6.61 Å². The number of cyclic esters (lactones) is 1. The SMILES string of the molecule is CC[Si](CC)(CC)O[C@H](C[C@@H](C)O[Si](C)(C)C(C)(C)C)[C@@H](OCc1ccccc1)C(=O)N1C(=O)OC[C@H]1Cc1ccccc1. The van der Waals surface area contributed by atoms with Crippen LogP contribution >= 0.6 is 0 Å². The molecule has 2 aromatic rings. The smallest absolute Gasteiger partial charge is 0.417 e. The van der Waals surface area contributed by atoms with Crippen LogP contribution in [0.2, 0.25) is 36.3 Å². The lowest BCUT2D eigenvalue weighted by atomic mass is 10.0. The summed E-state index contributed by atoms with van der Waals surface area (Å²) in [6.45, 7) is 20.2. The monoisotopic (exact) mass is 641 g/mol. The Morgan fingerprint density at radius 3 is 2.00 bits per heavy atom. The molecule has 1 saturated heterocycles. The lowest BCUT2D eigenvalue weighted by Gasteiger charge is -2.41. The fourth-order valence-corrected chi connectivity index (χ4v) is 9.93. The number of rotatable bonds is 16. The van der Waals surface area contributed by atoms with E-state index in [0.717, 1.165) is 29.3 Å². The molecule has 0 bridgehead atoms. The quantitative estimate of drug-likeness (QED) is 0.172. The molecule has 0 radical (unpaired) electrons. The first-order chi connectivity index (χ1) is 20.8. The minimum atomic E-state index is -2.21. The second-order valence-electron chi connectivity index (χ2n) is 13.7. The summed E-state index contributed by atoms with van der Waals surface area (Å²) in [5.41, 5.74) is 1.98. The van der Waals surface area contributed by atoms with Crippen LogP contribution in [0.4, 0.5) is 4.79 Å². The van der Waals surface area contributed by atoms with Crippen molar-refractivity contribution in [1.29, 1.82) is 0 Å². The maximum Gasteiger partial charge on any atom is 0.417 e. The van der Waals surface area contributed by atoms with Gasteiger partial charge in [-0.2, -0.15) is 0 Å². The largest absolute Gasteiger partial charge is 0.447 e. The summed E-state index contributed by atoms with van der Waals surface area (Å²) in [5, 5.41) is 0.0371. The van der Waals surface area contributed by atoms with Gasteiger partial charge in [-0.15, -0.1) is 0 Å². The normalized spacial score (nSPS) is 18.2. The zero-order valence-electron chi connectivity index (χ0n) is 28.4. The van der Waals surface area contributed by atoms with Crippen LogP contribution in [-0.4, -0.2) is 64.5 Å². The lowest BCUT2D eigenvalue weighted by Crippen LogP contribution is -2.55. The molecule has 3 rings (SSSR count). The van der Waals surface area contributed by atoms with Gasteiger partial charge in [-0.3, -0.25) is 4.79 Å². The Labute approximate surface area is 267 Å². The second kappa shape index (κ2) is 15.8. The fourth-order valence-electron chi connectivity index (χ4n) is 5.61. The molecule has 2 amide bonds. The number of amides is 2. The van der Waals surface area contributed by atoms with Crippen molar-refractivity contribution in [3.63, 3.8) is 0 Å². The van der Waals surface area contributed by atoms with E-state index in [9.17, 15) is 9.59 Å². The minimum absolute atomic E-state index is 0.0371. The summed E-state index contributed by atoms with van der Waals surface area (Å²) in [4.78, 5) is 29.1. The predicted octanol–water partition coefficient (Wildman–Crippen LogP) is 8.35. The zero-order chi connectivity index (χ0) is 32.5. The fraction of sp³-hybridized carbons (Fsp3) is 0.600. The third-order valence-corrected chi connectivity index (χ3v) is 18.8. The topological polar surface area (TPSA) is 74.3 Å². The maximum atomic E-state index is 14.6. The number of hydrogen-bond donors (Lipinski definition) is 0. The Kier molecular flexibility index (Phi) is 13.0. The second-order valence-corrected chi connectivity index (χ2v) is 23.1. The molecule has 44 heavy (non-hydrogen) atoms. The van der Waals surface area contributed by atoms with Crippen molar-refractivity contribution in [3.8, 4) is 0 Å². The Hall–Kier alpha value is -2.31. The van der Waals surface area contributed by atoms with Crippen molar-refractivity contribution < 1.29 is 27.9 Å². The number of nitrogens with zero attached hydrogens (tertiary/aromatic N) is 1. The summed E-state index contributed by atoms with van der Waals surface area (Å²) in [5.74, 6) is -0.403. The first-order valence-electron chi connectivity index (χ1n) is 16.3. The van der Waals surface area contributed by atoms with Crippen molar-refractivity contribution in [2.24, 2.45) is 0 Å². The zero-order valence-corrected chi connectivity index (χ0v) is 30.4. The van der Waals surface area contributed by atoms with Crippen LogP contribution in [0.3, 0.4) is 0 Å². The molecule has 7 nitrogen and oxygen atoms in total. The Morgan fingerprint density at radius 2 is 1.48 bits per heavy atom. The molecular weight excluding hydrogens is 587 g/mol. The average Bonchev–Trinajstić information content (AvgIpc) is 3.35. The highest BCUT2D eigenvalue weighted by atomic mass is 28.4. The van der Waals surface area contributed by atoms with Crippen LogP contribution in [0.25, 0.3) is 0 Å². The highest BCUT2D eigenvalue weighted by Gasteiger charge is 2.47. The van der Waals surface area contributed by atoms with Crippen LogP contribution in [-0.2, 0) is 36.1 Å². The summed E-state index contributed by atoms with van der Waals surface area (Å²) >= 11 is 0. The van der Waals surface area contributed by atoms with E-state index in [4.69, 9.17) is 18.3 Å². The van der Waals surface area contributed by atoms with Crippen molar-refractivity contribution >= 4 is 28.6 Å². The standard InChI is InChI=1S/C35H55NO6Si2/c1-10-44(11-2,12-3)42-31(23-27(4)41-43(8,9)35(5,6)7)32(39-25-29-21-17-14-18-22-29)33(37)36-30(26-40-34(36)38)24-28-19-15-13-16-20-28/h13-22,27,30-32H,10-12,23-26H2,1-9H3/t27-,30-,31-,32-/m1/s1. The highest BCUT2D eigenvalue weighted by Crippen LogP contribution is 2.38. The van der Waals surface area contributed by atoms with Gasteiger partial charge in [0.25, 0.3) is 5.91 Å². The molecule has 0 unspecified atom stereocenters. The molecule has 1 aliphatic heterocycles. The van der Waals surface area contributed by atoms with E-state index < -0.39 is 46.9 Å². The molecule has 0 aromatic heterocycles. The van der Waals surface area contributed by atoms with Crippen LogP contribution in [0.1, 0.15) is 66.0 Å². The third-order valence-electron chi connectivity index (χ3n) is 9.57. The van der Waals surface area contributed by atoms with E-state index in [2.05, 4.69) is 61.6 Å². The molecule has 0 aliphatic carbocycles. The van der Waals surface area contributed by atoms with E-state index in [-0.39, 0.29) is 24.4 Å². The number of hydrogen-bond acceptors (Lipinski definition) is 6. The number of imide groups is 1. The van der Waals surface area contributed by atoms with Crippen LogP contribution in [0.15, 0.2) is 60.7 Å². The molecule has 4 atom stereocenters. The molecule has 9 heteroatoms. The molecule has 1 fully saturated rings. The van der Waals surface area contributed by atoms with Gasteiger partial charge in [0.15, 0.2) is 22.7 Å². The molecule has 1 aliphatic rings. The summed E-state index contributed by atoms with van der Waals surface area (Å²) < 4.78 is 25.9. The Morgan fingerprint density at radius 1 is 0.932 bits per heavy atom. The summed E-state index contributed by atoms with van der Waals surface area (Å²) in [6.07, 6.45) is -1.38. The molecule has 0 N–H and O–H groups in total. The first-order valence-corrected chi connectivity index (χ1v) is 21.7. The third kappa shape index (κ3) is 9.36. The van der Waals surface area contributed by atoms with Gasteiger partial charge < -0.3 is 18.3 Å². The van der Waals surface area contributed by atoms with Gasteiger partial charge in [-0.1, -0.05) is 102 Å². The van der Waals surface area contributed by atoms with Crippen LogP contribution in [0.5, 0.6) is 0 Å². The van der Waals surface area contributed by atoms with Crippen molar-refractivity contribution in [2.45, 2.75) is 129 Å². The van der Waals surface area contributed by atoms with Crippen molar-refractivity contribution in [1.82, 2.24) is 4.90 Å². The number of benzene rings is 2. The maximum absolute atomic E-state index is 14.6. The van der Waals surface area contributed by atoms with Crippen LogP contribution < -0.4 is 0 Å². The number of carbonyl (C=O) groups is 2. The van der Waals surface area contributed by atoms with Gasteiger partial charge in [0.05, 0.1) is 18.8 Å². The lowest BCUT2D eigenvalue weighted by molar-refractivity contribution is -0.151. The Bertz CT molecular complexity index is 1170. The molecule has 0 spiro atoms. The van der Waals surface area contributed by atoms with Gasteiger partial charge in [0, 0.05) is 12.5 Å². The predicted molar refractivity (Wildman–Crippen MR) is 182 cm³/mol. The van der Waals surface area contributed by atoms with Crippen molar-refractivity contribution in [2.75, 3.05) is 6.61 Å².